The quantitative estimate of drug-likeness (QED) is 0.625. The lowest BCUT2D eigenvalue weighted by Crippen LogP contribution is -2.27. The molecule has 1 fully saturated rings. The molecule has 1 aliphatic heterocycles. The molecular formula is C17H21NO2. The Bertz CT molecular complexity index is 509. The van der Waals surface area contributed by atoms with Crippen molar-refractivity contribution in [1.29, 1.82) is 0 Å². The lowest BCUT2D eigenvalue weighted by atomic mass is 9.96. The molecule has 0 radical (unpaired) electrons. The molecule has 20 heavy (non-hydrogen) atoms. The average molecular weight is 271 g/mol. The van der Waals surface area contributed by atoms with Crippen LogP contribution in [0.3, 0.4) is 0 Å². The monoisotopic (exact) mass is 271 g/mol. The van der Waals surface area contributed by atoms with Gasteiger partial charge in [-0.05, 0) is 38.8 Å². The normalized spacial score (nSPS) is 17.9. The lowest BCUT2D eigenvalue weighted by Gasteiger charge is -2.24. The number of likely N-dealkylation sites (tertiary alicyclic amines) is 1. The van der Waals surface area contributed by atoms with E-state index in [0.717, 1.165) is 25.2 Å². The van der Waals surface area contributed by atoms with Gasteiger partial charge >= 0.3 is 5.97 Å². The van der Waals surface area contributed by atoms with Gasteiger partial charge < -0.3 is 4.74 Å². The van der Waals surface area contributed by atoms with Crippen LogP contribution in [0.25, 0.3) is 0 Å². The van der Waals surface area contributed by atoms with Crippen molar-refractivity contribution in [2.75, 3.05) is 19.6 Å². The Balaban J connectivity index is 2.14. The number of carbonyl (C=O) groups excluding carboxylic acids is 1. The first-order chi connectivity index (χ1) is 9.60. The summed E-state index contributed by atoms with van der Waals surface area (Å²) in [5.74, 6) is 5.99. The number of carbonyl (C=O) groups is 1. The molecule has 3 nitrogen and oxygen atoms in total. The Morgan fingerprint density at radius 3 is 2.55 bits per heavy atom. The van der Waals surface area contributed by atoms with Gasteiger partial charge in [-0.15, -0.1) is 0 Å². The third kappa shape index (κ3) is 3.85. The van der Waals surface area contributed by atoms with Crippen LogP contribution in [0, 0.1) is 11.8 Å². The summed E-state index contributed by atoms with van der Waals surface area (Å²) in [4.78, 5) is 13.7. The molecular weight excluding hydrogens is 250 g/mol. The van der Waals surface area contributed by atoms with Crippen LogP contribution in [0.5, 0.6) is 0 Å². The zero-order valence-electron chi connectivity index (χ0n) is 12.2. The van der Waals surface area contributed by atoms with Gasteiger partial charge in [0.05, 0.1) is 6.54 Å². The molecule has 0 unspecified atom stereocenters. The van der Waals surface area contributed by atoms with E-state index in [9.17, 15) is 4.79 Å². The molecule has 0 amide bonds. The van der Waals surface area contributed by atoms with Crippen LogP contribution in [0.2, 0.25) is 0 Å². The summed E-state index contributed by atoms with van der Waals surface area (Å²) < 4.78 is 5.46. The number of esters is 1. The molecule has 106 valence electrons. The maximum absolute atomic E-state index is 11.4. The summed E-state index contributed by atoms with van der Waals surface area (Å²) in [6.45, 7) is 6.24. The molecule has 0 bridgehead atoms. The number of hydrogen-bond acceptors (Lipinski definition) is 3. The van der Waals surface area contributed by atoms with E-state index in [1.807, 2.05) is 37.3 Å². The highest BCUT2D eigenvalue weighted by molar-refractivity contribution is 5.67. The molecule has 1 heterocycles. The molecule has 1 aliphatic rings. The van der Waals surface area contributed by atoms with Gasteiger partial charge in [-0.2, -0.15) is 0 Å². The zero-order valence-corrected chi connectivity index (χ0v) is 12.2. The number of benzene rings is 1. The van der Waals surface area contributed by atoms with Crippen LogP contribution < -0.4 is 0 Å². The topological polar surface area (TPSA) is 29.5 Å². The van der Waals surface area contributed by atoms with Gasteiger partial charge in [0.25, 0.3) is 0 Å². The molecule has 1 atom stereocenters. The van der Waals surface area contributed by atoms with E-state index in [0.29, 0.717) is 0 Å². The lowest BCUT2D eigenvalue weighted by molar-refractivity contribution is -0.151. The van der Waals surface area contributed by atoms with Crippen molar-refractivity contribution in [2.24, 2.45) is 0 Å². The van der Waals surface area contributed by atoms with Gasteiger partial charge in [0.15, 0.2) is 5.60 Å². The van der Waals surface area contributed by atoms with Crippen molar-refractivity contribution >= 4 is 5.97 Å². The summed E-state index contributed by atoms with van der Waals surface area (Å²) in [5.41, 5.74) is 0.0384. The van der Waals surface area contributed by atoms with Crippen molar-refractivity contribution in [3.8, 4) is 11.8 Å². The minimum atomic E-state index is -0.868. The Hall–Kier alpha value is -1.79. The predicted molar refractivity (Wildman–Crippen MR) is 79.0 cm³/mol. The average Bonchev–Trinajstić information content (AvgIpc) is 2.92. The first kappa shape index (κ1) is 14.6. The standard InChI is InChI=1S/C17H21NO2/c1-15(19)20-17(2,16-9-4-3-5-10-16)11-8-14-18-12-6-7-13-18/h3-5,9-10H,6-7,12-14H2,1-2H3/t17-/m1/s1. The van der Waals surface area contributed by atoms with Crippen LogP contribution in [0.4, 0.5) is 0 Å². The maximum Gasteiger partial charge on any atom is 0.304 e. The highest BCUT2D eigenvalue weighted by Gasteiger charge is 2.27. The zero-order chi connectivity index (χ0) is 14.4. The third-order valence-electron chi connectivity index (χ3n) is 3.50. The first-order valence-electron chi connectivity index (χ1n) is 7.08. The molecule has 0 spiro atoms. The fourth-order valence-electron chi connectivity index (χ4n) is 2.46. The largest absolute Gasteiger partial charge is 0.442 e. The van der Waals surface area contributed by atoms with E-state index in [-0.39, 0.29) is 5.97 Å². The number of nitrogens with zero attached hydrogens (tertiary/aromatic N) is 1. The second-order valence-corrected chi connectivity index (χ2v) is 5.28. The molecule has 2 rings (SSSR count). The Kier molecular flexibility index (Phi) is 4.81. The summed E-state index contributed by atoms with van der Waals surface area (Å²) in [5, 5.41) is 0. The fraction of sp³-hybridized carbons (Fsp3) is 0.471. The van der Waals surface area contributed by atoms with E-state index < -0.39 is 5.60 Å². The smallest absolute Gasteiger partial charge is 0.304 e. The van der Waals surface area contributed by atoms with Gasteiger partial charge in [0.2, 0.25) is 0 Å². The molecule has 0 N–H and O–H groups in total. The van der Waals surface area contributed by atoms with Gasteiger partial charge in [-0.25, -0.2) is 0 Å². The van der Waals surface area contributed by atoms with Crippen LogP contribution in [0.1, 0.15) is 32.3 Å². The minimum Gasteiger partial charge on any atom is -0.442 e. The summed E-state index contributed by atoms with van der Waals surface area (Å²) >= 11 is 0. The number of hydrogen-bond donors (Lipinski definition) is 0. The number of rotatable bonds is 3. The van der Waals surface area contributed by atoms with Crippen molar-refractivity contribution in [2.45, 2.75) is 32.3 Å². The molecule has 0 saturated carbocycles. The Morgan fingerprint density at radius 2 is 1.95 bits per heavy atom. The Morgan fingerprint density at radius 1 is 1.30 bits per heavy atom. The highest BCUT2D eigenvalue weighted by atomic mass is 16.6. The molecule has 0 aliphatic carbocycles. The predicted octanol–water partition coefficient (Wildman–Crippen LogP) is 2.56. The van der Waals surface area contributed by atoms with Gasteiger partial charge in [-0.3, -0.25) is 9.69 Å². The van der Waals surface area contributed by atoms with Crippen molar-refractivity contribution in [3.63, 3.8) is 0 Å². The van der Waals surface area contributed by atoms with Crippen LogP contribution in [-0.4, -0.2) is 30.5 Å². The van der Waals surface area contributed by atoms with Crippen molar-refractivity contribution in [3.05, 3.63) is 35.9 Å². The molecule has 1 aromatic carbocycles. The van der Waals surface area contributed by atoms with Crippen LogP contribution >= 0.6 is 0 Å². The van der Waals surface area contributed by atoms with E-state index in [2.05, 4.69) is 16.7 Å². The van der Waals surface area contributed by atoms with E-state index in [1.165, 1.54) is 19.8 Å². The first-order valence-corrected chi connectivity index (χ1v) is 7.08. The summed E-state index contributed by atoms with van der Waals surface area (Å²) in [7, 11) is 0. The van der Waals surface area contributed by atoms with Crippen LogP contribution in [-0.2, 0) is 15.1 Å². The number of ether oxygens (including phenoxy) is 1. The van der Waals surface area contributed by atoms with E-state index in [1.54, 1.807) is 0 Å². The molecule has 1 saturated heterocycles. The van der Waals surface area contributed by atoms with E-state index in [4.69, 9.17) is 4.74 Å². The summed E-state index contributed by atoms with van der Waals surface area (Å²) in [6.07, 6.45) is 2.50. The highest BCUT2D eigenvalue weighted by Crippen LogP contribution is 2.24. The second-order valence-electron chi connectivity index (χ2n) is 5.28. The third-order valence-corrected chi connectivity index (χ3v) is 3.50. The van der Waals surface area contributed by atoms with E-state index >= 15 is 0 Å². The second kappa shape index (κ2) is 6.58. The molecule has 1 aromatic rings. The van der Waals surface area contributed by atoms with Gasteiger partial charge in [-0.1, -0.05) is 36.3 Å². The van der Waals surface area contributed by atoms with Gasteiger partial charge in [0.1, 0.15) is 0 Å². The fourth-order valence-corrected chi connectivity index (χ4v) is 2.46. The van der Waals surface area contributed by atoms with Crippen molar-refractivity contribution < 1.29 is 9.53 Å². The Labute approximate surface area is 120 Å². The summed E-state index contributed by atoms with van der Waals surface area (Å²) in [6, 6.07) is 9.68. The maximum atomic E-state index is 11.4. The van der Waals surface area contributed by atoms with Gasteiger partial charge in [0, 0.05) is 12.5 Å². The molecule has 0 aromatic heterocycles. The SMILES string of the molecule is CC(=O)O[C@](C)(C#CCN1CCCC1)c1ccccc1. The minimum absolute atomic E-state index is 0.313. The molecule has 3 heteroatoms. The van der Waals surface area contributed by atoms with Crippen molar-refractivity contribution in [1.82, 2.24) is 4.90 Å². The van der Waals surface area contributed by atoms with Crippen LogP contribution in [0.15, 0.2) is 30.3 Å².